The smallest absolute Gasteiger partial charge is 0.257 e. The van der Waals surface area contributed by atoms with Crippen molar-refractivity contribution in [3.05, 3.63) is 103 Å². The summed E-state index contributed by atoms with van der Waals surface area (Å²) < 4.78 is 0. The summed E-state index contributed by atoms with van der Waals surface area (Å²) in [6.07, 6.45) is 0. The summed E-state index contributed by atoms with van der Waals surface area (Å²) >= 11 is 13.4. The van der Waals surface area contributed by atoms with Crippen molar-refractivity contribution in [3.63, 3.8) is 0 Å². The van der Waals surface area contributed by atoms with Crippen LogP contribution in [0.4, 0.5) is 11.4 Å². The van der Waals surface area contributed by atoms with Crippen molar-refractivity contribution in [1.82, 2.24) is 0 Å². The Labute approximate surface area is 291 Å². The molecule has 0 saturated carbocycles. The minimum Gasteiger partial charge on any atom is -0.366 e. The average Bonchev–Trinajstić information content (AvgIpc) is 2.99. The third kappa shape index (κ3) is 6.91. The van der Waals surface area contributed by atoms with E-state index in [1.54, 1.807) is 0 Å². The van der Waals surface area contributed by atoms with Crippen molar-refractivity contribution in [2.24, 2.45) is 11.5 Å². The maximum atomic E-state index is 14.4. The van der Waals surface area contributed by atoms with Gasteiger partial charge in [0.1, 0.15) is 0 Å². The molecule has 0 radical (unpaired) electrons. The molecular weight excluding hydrogens is 647 g/mol. The molecule has 0 aliphatic heterocycles. The molecule has 4 aromatic carbocycles. The number of carbonyl (C=O) groups is 4. The van der Waals surface area contributed by atoms with Gasteiger partial charge in [-0.3, -0.25) is 19.2 Å². The van der Waals surface area contributed by atoms with Crippen molar-refractivity contribution in [3.8, 4) is 0 Å². The highest BCUT2D eigenvalue weighted by atomic mass is 35.5. The van der Waals surface area contributed by atoms with Crippen LogP contribution in [-0.4, -0.2) is 23.6 Å². The van der Waals surface area contributed by atoms with E-state index in [-0.39, 0.29) is 66.7 Å². The molecule has 0 fully saturated rings. The molecule has 10 heteroatoms. The fourth-order valence-electron chi connectivity index (χ4n) is 6.15. The zero-order chi connectivity index (χ0) is 35.8. The van der Waals surface area contributed by atoms with Crippen molar-refractivity contribution in [1.29, 1.82) is 0 Å². The van der Waals surface area contributed by atoms with Crippen LogP contribution in [0, 0.1) is 0 Å². The lowest BCUT2D eigenvalue weighted by Crippen LogP contribution is -2.23. The Kier molecular flexibility index (Phi) is 10.9. The number of benzene rings is 4. The molecule has 0 aliphatic rings. The maximum Gasteiger partial charge on any atom is 0.257 e. The number of hydrogen-bond donors (Lipinski definition) is 4. The van der Waals surface area contributed by atoms with Crippen molar-refractivity contribution in [2.75, 3.05) is 10.6 Å². The largest absolute Gasteiger partial charge is 0.366 e. The number of nitrogens with two attached hydrogens (primary N) is 2. The Morgan fingerprint density at radius 3 is 1.27 bits per heavy atom. The molecule has 4 aromatic rings. The molecule has 0 unspecified atom stereocenters. The molecule has 0 bridgehead atoms. The Balaban J connectivity index is 2.07. The third-order valence-electron chi connectivity index (χ3n) is 8.51. The summed E-state index contributed by atoms with van der Waals surface area (Å²) in [4.78, 5) is 54.6. The number of para-hydroxylation sites is 2. The molecule has 0 atom stereocenters. The third-order valence-corrected chi connectivity index (χ3v) is 9.11. The van der Waals surface area contributed by atoms with Gasteiger partial charge in [0.15, 0.2) is 0 Å². The van der Waals surface area contributed by atoms with Crippen LogP contribution >= 0.6 is 23.2 Å². The monoisotopic (exact) mass is 688 g/mol. The minimum atomic E-state index is -0.971. The molecule has 8 nitrogen and oxygen atoms in total. The summed E-state index contributed by atoms with van der Waals surface area (Å²) in [5, 5.41) is 5.50. The molecular formula is C38H42Cl2N4O4. The van der Waals surface area contributed by atoms with Gasteiger partial charge < -0.3 is 22.1 Å². The normalized spacial score (nSPS) is 11.5. The Morgan fingerprint density at radius 1 is 0.542 bits per heavy atom. The molecule has 48 heavy (non-hydrogen) atoms. The van der Waals surface area contributed by atoms with Crippen molar-refractivity contribution in [2.45, 2.75) is 79.1 Å². The van der Waals surface area contributed by atoms with E-state index in [2.05, 4.69) is 10.6 Å². The summed E-state index contributed by atoms with van der Waals surface area (Å²) in [7, 11) is 0. The maximum absolute atomic E-state index is 14.4. The highest BCUT2D eigenvalue weighted by molar-refractivity contribution is 6.42. The Bertz CT molecular complexity index is 1910. The van der Waals surface area contributed by atoms with E-state index in [1.165, 1.54) is 12.1 Å². The van der Waals surface area contributed by atoms with Gasteiger partial charge in [-0.15, -0.1) is 0 Å². The summed E-state index contributed by atoms with van der Waals surface area (Å²) in [6.45, 7) is 16.1. The number of rotatable bonds is 10. The minimum absolute atomic E-state index is 0.0585. The van der Waals surface area contributed by atoms with Gasteiger partial charge in [0.2, 0.25) is 5.91 Å². The second kappa shape index (κ2) is 14.4. The number of halogens is 2. The zero-order valence-electron chi connectivity index (χ0n) is 28.5. The van der Waals surface area contributed by atoms with E-state index in [1.807, 2.05) is 91.8 Å². The zero-order valence-corrected chi connectivity index (χ0v) is 30.0. The highest BCUT2D eigenvalue weighted by Crippen LogP contribution is 2.41. The molecule has 4 rings (SSSR count). The molecule has 0 saturated heterocycles. The lowest BCUT2D eigenvalue weighted by molar-refractivity contribution is 0.0989. The van der Waals surface area contributed by atoms with Gasteiger partial charge in [-0.05, 0) is 58.1 Å². The molecule has 4 amide bonds. The van der Waals surface area contributed by atoms with Crippen LogP contribution in [0.3, 0.4) is 0 Å². The van der Waals surface area contributed by atoms with Crippen LogP contribution in [0.15, 0.2) is 48.5 Å². The number of carbonyl (C=O) groups excluding carboxylic acids is 4. The first-order chi connectivity index (χ1) is 22.5. The fraction of sp³-hybridized carbons (Fsp3) is 0.316. The number of hydrogen-bond acceptors (Lipinski definition) is 4. The number of primary amides is 2. The molecule has 0 aromatic heterocycles. The van der Waals surface area contributed by atoms with Crippen LogP contribution in [0.5, 0.6) is 0 Å². The predicted octanol–water partition coefficient (Wildman–Crippen LogP) is 9.34. The first kappa shape index (κ1) is 36.4. The second-order valence-electron chi connectivity index (χ2n) is 13.2. The SMILES string of the molecule is CC(C)c1cccc(C(C)C)c1NC(=O)c1cc(Cl)c(C(=O)Nc2c(C(C)C)cccc2C(C)C)c2c(C(N)=O)cc(Cl)c(C(N)=O)c12. The number of amides is 4. The molecule has 0 aliphatic carbocycles. The summed E-state index contributed by atoms with van der Waals surface area (Å²) in [5.41, 5.74) is 15.8. The van der Waals surface area contributed by atoms with Gasteiger partial charge in [0.05, 0.1) is 21.2 Å². The first-order valence-corrected chi connectivity index (χ1v) is 16.7. The van der Waals surface area contributed by atoms with Gasteiger partial charge in [-0.25, -0.2) is 0 Å². The van der Waals surface area contributed by atoms with Crippen molar-refractivity contribution < 1.29 is 19.2 Å². The number of fused-ring (bicyclic) bond motifs is 1. The first-order valence-electron chi connectivity index (χ1n) is 15.9. The van der Waals surface area contributed by atoms with Crippen LogP contribution in [0.1, 0.15) is 143 Å². The van der Waals surface area contributed by atoms with Crippen LogP contribution in [0.25, 0.3) is 10.8 Å². The molecule has 0 heterocycles. The van der Waals surface area contributed by atoms with Gasteiger partial charge >= 0.3 is 0 Å². The van der Waals surface area contributed by atoms with Crippen LogP contribution in [-0.2, 0) is 0 Å². The van der Waals surface area contributed by atoms with E-state index >= 15 is 0 Å². The van der Waals surface area contributed by atoms with Gasteiger partial charge in [0.25, 0.3) is 17.7 Å². The molecule has 6 N–H and O–H groups in total. The van der Waals surface area contributed by atoms with E-state index in [9.17, 15) is 19.2 Å². The topological polar surface area (TPSA) is 144 Å². The standard InChI is InChI=1S/C38H42Cl2N4O4/c1-17(2)21-11-9-12-22(18(3)4)33(21)43-37(47)26-16-28(40)32(29-25(35(41)45)15-27(39)31(30(26)29)36(42)46)38(48)44-34-23(19(5)6)13-10-14-24(34)20(7)8/h9-20H,1-8H3,(H2,41,45)(H2,42,46)(H,43,47)(H,44,48). The van der Waals surface area contributed by atoms with Gasteiger partial charge in [-0.2, -0.15) is 0 Å². The lowest BCUT2D eigenvalue weighted by atomic mass is 9.89. The highest BCUT2D eigenvalue weighted by Gasteiger charge is 2.30. The van der Waals surface area contributed by atoms with Gasteiger partial charge in [0, 0.05) is 33.3 Å². The Morgan fingerprint density at radius 2 is 0.896 bits per heavy atom. The summed E-state index contributed by atoms with van der Waals surface area (Å²) in [5.74, 6) is -2.99. The second-order valence-corrected chi connectivity index (χ2v) is 14.0. The van der Waals surface area contributed by atoms with E-state index in [0.29, 0.717) is 11.4 Å². The van der Waals surface area contributed by atoms with Gasteiger partial charge in [-0.1, -0.05) is 115 Å². The number of anilines is 2. The van der Waals surface area contributed by atoms with E-state index < -0.39 is 23.6 Å². The number of nitrogens with one attached hydrogen (secondary N) is 2. The van der Waals surface area contributed by atoms with E-state index in [0.717, 1.165) is 22.3 Å². The lowest BCUT2D eigenvalue weighted by Gasteiger charge is -2.23. The van der Waals surface area contributed by atoms with Crippen LogP contribution < -0.4 is 22.1 Å². The van der Waals surface area contributed by atoms with Crippen molar-refractivity contribution >= 4 is 69.0 Å². The average molecular weight is 690 g/mol. The quantitative estimate of drug-likeness (QED) is 0.132. The molecule has 252 valence electrons. The predicted molar refractivity (Wildman–Crippen MR) is 196 cm³/mol. The van der Waals surface area contributed by atoms with E-state index in [4.69, 9.17) is 34.7 Å². The van der Waals surface area contributed by atoms with Crippen LogP contribution in [0.2, 0.25) is 10.0 Å². The summed E-state index contributed by atoms with van der Waals surface area (Å²) in [6, 6.07) is 14.1. The molecule has 0 spiro atoms. The Hall–Kier alpha value is -4.40. The fourth-order valence-corrected chi connectivity index (χ4v) is 6.74.